The molecule has 1 heterocycles. The first-order chi connectivity index (χ1) is 12.2. The molecule has 2 amide bonds. The third-order valence-corrected chi connectivity index (χ3v) is 4.18. The molecule has 0 saturated heterocycles. The number of hydrogen-bond acceptors (Lipinski definition) is 3. The van der Waals surface area contributed by atoms with E-state index in [1.807, 2.05) is 54.6 Å². The first-order valence-electron chi connectivity index (χ1n) is 8.54. The smallest absolute Gasteiger partial charge is 0.224 e. The second-order valence-electron chi connectivity index (χ2n) is 6.06. The van der Waals surface area contributed by atoms with Crippen LogP contribution in [0.4, 0.5) is 0 Å². The highest BCUT2D eigenvalue weighted by atomic mass is 16.5. The van der Waals surface area contributed by atoms with Crippen LogP contribution in [-0.4, -0.2) is 25.0 Å². The molecule has 2 aromatic rings. The van der Waals surface area contributed by atoms with Gasteiger partial charge >= 0.3 is 0 Å². The molecule has 1 aliphatic rings. The zero-order chi connectivity index (χ0) is 17.5. The van der Waals surface area contributed by atoms with Crippen LogP contribution < -0.4 is 15.4 Å². The summed E-state index contributed by atoms with van der Waals surface area (Å²) in [5.74, 6) is 0.687. The molecule has 1 atom stereocenters. The van der Waals surface area contributed by atoms with Crippen LogP contribution in [0.25, 0.3) is 0 Å². The van der Waals surface area contributed by atoms with Gasteiger partial charge in [0, 0.05) is 24.9 Å². The van der Waals surface area contributed by atoms with E-state index in [2.05, 4.69) is 10.6 Å². The van der Waals surface area contributed by atoms with Gasteiger partial charge in [-0.1, -0.05) is 48.5 Å². The molecule has 5 heteroatoms. The lowest BCUT2D eigenvalue weighted by molar-refractivity contribution is -0.122. The minimum Gasteiger partial charge on any atom is -0.493 e. The molecule has 5 nitrogen and oxygen atoms in total. The second kappa shape index (κ2) is 8.33. The summed E-state index contributed by atoms with van der Waals surface area (Å²) in [6.07, 6.45) is 1.35. The van der Waals surface area contributed by atoms with Gasteiger partial charge in [-0.15, -0.1) is 0 Å². The maximum absolute atomic E-state index is 12.2. The zero-order valence-electron chi connectivity index (χ0n) is 14.0. The Balaban J connectivity index is 1.42. The van der Waals surface area contributed by atoms with E-state index in [0.717, 1.165) is 23.3 Å². The highest BCUT2D eigenvalue weighted by molar-refractivity contribution is 5.80. The van der Waals surface area contributed by atoms with E-state index in [9.17, 15) is 9.59 Å². The number of amides is 2. The number of ether oxygens (including phenoxy) is 1. The SMILES string of the molecule is O=C(Cc1ccccc1)NCCC(=O)NC1CCOc2ccccc21. The molecule has 0 bridgehead atoms. The van der Waals surface area contributed by atoms with Gasteiger partial charge in [0.25, 0.3) is 0 Å². The van der Waals surface area contributed by atoms with Gasteiger partial charge in [-0.05, 0) is 11.6 Å². The molecule has 25 heavy (non-hydrogen) atoms. The highest BCUT2D eigenvalue weighted by Crippen LogP contribution is 2.31. The number of fused-ring (bicyclic) bond motifs is 1. The van der Waals surface area contributed by atoms with Gasteiger partial charge in [0.15, 0.2) is 0 Å². The minimum atomic E-state index is -0.0737. The van der Waals surface area contributed by atoms with Crippen molar-refractivity contribution < 1.29 is 14.3 Å². The van der Waals surface area contributed by atoms with Crippen molar-refractivity contribution >= 4 is 11.8 Å². The summed E-state index contributed by atoms with van der Waals surface area (Å²) in [4.78, 5) is 24.0. The standard InChI is InChI=1S/C20H22N2O3/c23-19(10-12-21-20(24)14-15-6-2-1-3-7-15)22-17-11-13-25-18-9-5-4-8-16(17)18/h1-9,17H,10-14H2,(H,21,24)(H,22,23). The van der Waals surface area contributed by atoms with Crippen LogP contribution in [-0.2, 0) is 16.0 Å². The van der Waals surface area contributed by atoms with E-state index in [1.165, 1.54) is 0 Å². The lowest BCUT2D eigenvalue weighted by Gasteiger charge is -2.26. The summed E-state index contributed by atoms with van der Waals surface area (Å²) >= 11 is 0. The third-order valence-electron chi connectivity index (χ3n) is 4.18. The molecule has 1 aliphatic heterocycles. The van der Waals surface area contributed by atoms with Gasteiger partial charge in [0.05, 0.1) is 19.1 Å². The van der Waals surface area contributed by atoms with Crippen LogP contribution >= 0.6 is 0 Å². The van der Waals surface area contributed by atoms with Crippen molar-refractivity contribution in [3.05, 3.63) is 65.7 Å². The number of carbonyl (C=O) groups is 2. The molecular formula is C20H22N2O3. The molecule has 0 aliphatic carbocycles. The van der Waals surface area contributed by atoms with Gasteiger partial charge in [-0.3, -0.25) is 9.59 Å². The van der Waals surface area contributed by atoms with Crippen LogP contribution in [0.15, 0.2) is 54.6 Å². The summed E-state index contributed by atoms with van der Waals surface area (Å²) in [6.45, 7) is 0.929. The number of carbonyl (C=O) groups excluding carboxylic acids is 2. The molecule has 0 spiro atoms. The van der Waals surface area contributed by atoms with E-state index in [4.69, 9.17) is 4.74 Å². The summed E-state index contributed by atoms with van der Waals surface area (Å²) in [7, 11) is 0. The highest BCUT2D eigenvalue weighted by Gasteiger charge is 2.22. The topological polar surface area (TPSA) is 67.4 Å². The zero-order valence-corrected chi connectivity index (χ0v) is 14.0. The molecule has 0 saturated carbocycles. The molecule has 2 N–H and O–H groups in total. The number of para-hydroxylation sites is 1. The minimum absolute atomic E-state index is 0.0301. The fraction of sp³-hybridized carbons (Fsp3) is 0.300. The molecule has 0 radical (unpaired) electrons. The fourth-order valence-electron chi connectivity index (χ4n) is 2.92. The van der Waals surface area contributed by atoms with Crippen molar-refractivity contribution in [1.29, 1.82) is 0 Å². The van der Waals surface area contributed by atoms with Crippen molar-refractivity contribution in [2.75, 3.05) is 13.2 Å². The predicted octanol–water partition coefficient (Wildman–Crippen LogP) is 2.38. The lowest BCUT2D eigenvalue weighted by atomic mass is 10.0. The number of hydrogen-bond donors (Lipinski definition) is 2. The summed E-state index contributed by atoms with van der Waals surface area (Å²) in [5, 5.41) is 5.82. The molecule has 130 valence electrons. The van der Waals surface area contributed by atoms with E-state index in [-0.39, 0.29) is 24.3 Å². The van der Waals surface area contributed by atoms with E-state index in [0.29, 0.717) is 19.6 Å². The average molecular weight is 338 g/mol. The summed E-state index contributed by atoms with van der Waals surface area (Å²) in [5.41, 5.74) is 1.97. The second-order valence-corrected chi connectivity index (χ2v) is 6.06. The fourth-order valence-corrected chi connectivity index (χ4v) is 2.92. The Morgan fingerprint density at radius 2 is 1.76 bits per heavy atom. The molecular weight excluding hydrogens is 316 g/mol. The van der Waals surface area contributed by atoms with Crippen LogP contribution in [0.5, 0.6) is 5.75 Å². The van der Waals surface area contributed by atoms with Crippen LogP contribution in [0.3, 0.4) is 0 Å². The van der Waals surface area contributed by atoms with Crippen molar-refractivity contribution in [2.45, 2.75) is 25.3 Å². The van der Waals surface area contributed by atoms with Gasteiger partial charge in [0.2, 0.25) is 11.8 Å². The number of benzene rings is 2. The van der Waals surface area contributed by atoms with Gasteiger partial charge in [0.1, 0.15) is 5.75 Å². The van der Waals surface area contributed by atoms with Crippen molar-refractivity contribution in [3.63, 3.8) is 0 Å². The predicted molar refractivity (Wildman–Crippen MR) is 95.2 cm³/mol. The molecule has 3 rings (SSSR count). The van der Waals surface area contributed by atoms with Crippen molar-refractivity contribution in [1.82, 2.24) is 10.6 Å². The van der Waals surface area contributed by atoms with Crippen LogP contribution in [0.2, 0.25) is 0 Å². The van der Waals surface area contributed by atoms with Crippen LogP contribution in [0.1, 0.15) is 30.0 Å². The quantitative estimate of drug-likeness (QED) is 0.850. The number of rotatable bonds is 6. The Kier molecular flexibility index (Phi) is 5.67. The van der Waals surface area contributed by atoms with Crippen LogP contribution in [0, 0.1) is 0 Å². The molecule has 2 aromatic carbocycles. The Morgan fingerprint density at radius 1 is 1.00 bits per heavy atom. The lowest BCUT2D eigenvalue weighted by Crippen LogP contribution is -2.35. The number of nitrogens with one attached hydrogen (secondary N) is 2. The monoisotopic (exact) mass is 338 g/mol. The van der Waals surface area contributed by atoms with Gasteiger partial charge < -0.3 is 15.4 Å². The largest absolute Gasteiger partial charge is 0.493 e. The Labute approximate surface area is 147 Å². The maximum atomic E-state index is 12.2. The first kappa shape index (κ1) is 17.0. The maximum Gasteiger partial charge on any atom is 0.224 e. The normalized spacial score (nSPS) is 15.6. The average Bonchev–Trinajstić information content (AvgIpc) is 2.63. The molecule has 0 aromatic heterocycles. The Bertz CT molecular complexity index is 731. The van der Waals surface area contributed by atoms with E-state index in [1.54, 1.807) is 0 Å². The summed E-state index contributed by atoms with van der Waals surface area (Å²) < 4.78 is 5.60. The molecule has 1 unspecified atom stereocenters. The van der Waals surface area contributed by atoms with Crippen molar-refractivity contribution in [3.8, 4) is 5.75 Å². The molecule has 0 fully saturated rings. The van der Waals surface area contributed by atoms with Gasteiger partial charge in [-0.25, -0.2) is 0 Å². The first-order valence-corrected chi connectivity index (χ1v) is 8.54. The third kappa shape index (κ3) is 4.83. The Morgan fingerprint density at radius 3 is 2.60 bits per heavy atom. The Hall–Kier alpha value is -2.82. The van der Waals surface area contributed by atoms with Gasteiger partial charge in [-0.2, -0.15) is 0 Å². The van der Waals surface area contributed by atoms with E-state index >= 15 is 0 Å². The van der Waals surface area contributed by atoms with Crippen molar-refractivity contribution in [2.24, 2.45) is 0 Å². The van der Waals surface area contributed by atoms with E-state index < -0.39 is 0 Å². The summed E-state index contributed by atoms with van der Waals surface area (Å²) in [6, 6.07) is 17.3.